The van der Waals surface area contributed by atoms with Crippen LogP contribution in [0.4, 0.5) is 0 Å². The van der Waals surface area contributed by atoms with Gasteiger partial charge in [-0.1, -0.05) is 13.8 Å². The van der Waals surface area contributed by atoms with E-state index in [1.165, 1.54) is 17.7 Å². The van der Waals surface area contributed by atoms with Crippen LogP contribution in [0.3, 0.4) is 0 Å². The summed E-state index contributed by atoms with van der Waals surface area (Å²) < 4.78 is 7.32. The van der Waals surface area contributed by atoms with Crippen LogP contribution in [-0.4, -0.2) is 12.6 Å². The van der Waals surface area contributed by atoms with Crippen molar-refractivity contribution in [3.63, 3.8) is 0 Å². The topological polar surface area (TPSA) is 35.2 Å². The molecule has 1 unspecified atom stereocenters. The van der Waals surface area contributed by atoms with E-state index in [4.69, 9.17) is 10.5 Å². The van der Waals surface area contributed by atoms with E-state index in [1.54, 1.807) is 11.3 Å². The van der Waals surface area contributed by atoms with Crippen LogP contribution in [0.15, 0.2) is 15.9 Å². The first-order valence-corrected chi connectivity index (χ1v) is 8.27. The van der Waals surface area contributed by atoms with Crippen molar-refractivity contribution < 1.29 is 4.74 Å². The number of hydrogen-bond donors (Lipinski definition) is 1. The van der Waals surface area contributed by atoms with Gasteiger partial charge in [-0.25, -0.2) is 0 Å². The Balaban J connectivity index is 1.92. The van der Waals surface area contributed by atoms with Crippen molar-refractivity contribution in [2.24, 2.45) is 11.1 Å². The van der Waals surface area contributed by atoms with Gasteiger partial charge in [0.15, 0.2) is 0 Å². The third-order valence-corrected chi connectivity index (χ3v) is 5.55. The Morgan fingerprint density at radius 1 is 1.50 bits per heavy atom. The highest BCUT2D eigenvalue weighted by atomic mass is 79.9. The molecule has 1 aliphatic rings. The molecule has 0 aromatic carbocycles. The van der Waals surface area contributed by atoms with Crippen molar-refractivity contribution in [2.45, 2.75) is 51.7 Å². The zero-order valence-electron chi connectivity index (χ0n) is 11.1. The van der Waals surface area contributed by atoms with Gasteiger partial charge in [-0.15, -0.1) is 11.3 Å². The van der Waals surface area contributed by atoms with E-state index in [9.17, 15) is 0 Å². The molecule has 2 nitrogen and oxygen atoms in total. The maximum absolute atomic E-state index is 6.20. The van der Waals surface area contributed by atoms with Crippen molar-refractivity contribution in [3.8, 4) is 0 Å². The lowest BCUT2D eigenvalue weighted by atomic mass is 9.76. The molecule has 0 saturated heterocycles. The molecule has 0 bridgehead atoms. The zero-order chi connectivity index (χ0) is 13.2. The SMILES string of the molecule is CC1(C)CCC(OC(CN)c2cc(Br)cs2)CC1. The molecule has 0 aliphatic heterocycles. The summed E-state index contributed by atoms with van der Waals surface area (Å²) in [5.41, 5.74) is 6.34. The summed E-state index contributed by atoms with van der Waals surface area (Å²) in [5.74, 6) is 0. The van der Waals surface area contributed by atoms with Crippen LogP contribution in [0.1, 0.15) is 50.5 Å². The monoisotopic (exact) mass is 331 g/mol. The molecule has 18 heavy (non-hydrogen) atoms. The summed E-state index contributed by atoms with van der Waals surface area (Å²) in [6.07, 6.45) is 5.28. The molecule has 102 valence electrons. The fourth-order valence-corrected chi connectivity index (χ4v) is 3.97. The van der Waals surface area contributed by atoms with Gasteiger partial charge in [0, 0.05) is 21.3 Å². The summed E-state index contributed by atoms with van der Waals surface area (Å²) in [6.45, 7) is 5.26. The van der Waals surface area contributed by atoms with Gasteiger partial charge in [0.05, 0.1) is 6.10 Å². The summed E-state index contributed by atoms with van der Waals surface area (Å²) in [6, 6.07) is 2.12. The van der Waals surface area contributed by atoms with E-state index in [0.29, 0.717) is 18.1 Å². The molecule has 1 saturated carbocycles. The molecule has 1 aliphatic carbocycles. The molecule has 1 fully saturated rings. The van der Waals surface area contributed by atoms with Gasteiger partial charge in [-0.2, -0.15) is 0 Å². The van der Waals surface area contributed by atoms with Crippen molar-refractivity contribution in [3.05, 3.63) is 20.8 Å². The average Bonchev–Trinajstić information content (AvgIpc) is 2.74. The molecule has 0 radical (unpaired) electrons. The minimum Gasteiger partial charge on any atom is -0.368 e. The van der Waals surface area contributed by atoms with Crippen molar-refractivity contribution in [1.82, 2.24) is 0 Å². The number of rotatable bonds is 4. The molecule has 1 aromatic heterocycles. The number of halogens is 1. The van der Waals surface area contributed by atoms with Gasteiger partial charge in [-0.05, 0) is 53.1 Å². The lowest BCUT2D eigenvalue weighted by Gasteiger charge is -2.35. The zero-order valence-corrected chi connectivity index (χ0v) is 13.5. The lowest BCUT2D eigenvalue weighted by molar-refractivity contribution is -0.0415. The molecule has 1 atom stereocenters. The molecular formula is C14H22BrNOS. The Hall–Kier alpha value is 0.1000. The Morgan fingerprint density at radius 3 is 2.67 bits per heavy atom. The number of thiophene rings is 1. The summed E-state index contributed by atoms with van der Waals surface area (Å²) >= 11 is 5.20. The Labute approximate surface area is 122 Å². The number of hydrogen-bond acceptors (Lipinski definition) is 3. The van der Waals surface area contributed by atoms with Crippen LogP contribution in [0.25, 0.3) is 0 Å². The maximum atomic E-state index is 6.20. The number of ether oxygens (including phenoxy) is 1. The third kappa shape index (κ3) is 3.80. The molecule has 2 N–H and O–H groups in total. The highest BCUT2D eigenvalue weighted by Gasteiger charge is 2.29. The fraction of sp³-hybridized carbons (Fsp3) is 0.714. The van der Waals surface area contributed by atoms with Crippen LogP contribution >= 0.6 is 27.3 Å². The Bertz CT molecular complexity index is 381. The van der Waals surface area contributed by atoms with E-state index in [0.717, 1.165) is 17.3 Å². The average molecular weight is 332 g/mol. The van der Waals surface area contributed by atoms with Gasteiger partial charge < -0.3 is 10.5 Å². The second-order valence-corrected chi connectivity index (χ2v) is 7.75. The quantitative estimate of drug-likeness (QED) is 0.881. The third-order valence-electron chi connectivity index (χ3n) is 3.76. The molecule has 1 aromatic rings. The van der Waals surface area contributed by atoms with E-state index in [-0.39, 0.29) is 6.10 Å². The minimum absolute atomic E-state index is 0.0625. The van der Waals surface area contributed by atoms with Gasteiger partial charge in [0.25, 0.3) is 0 Å². The second-order valence-electron chi connectivity index (χ2n) is 5.89. The molecule has 4 heteroatoms. The lowest BCUT2D eigenvalue weighted by Crippen LogP contribution is -2.29. The van der Waals surface area contributed by atoms with Crippen molar-refractivity contribution >= 4 is 27.3 Å². The predicted octanol–water partition coefficient (Wildman–Crippen LogP) is 4.50. The van der Waals surface area contributed by atoms with Crippen LogP contribution in [0.5, 0.6) is 0 Å². The molecule has 2 rings (SSSR count). The molecular weight excluding hydrogens is 310 g/mol. The van der Waals surface area contributed by atoms with E-state index in [1.807, 2.05) is 0 Å². The molecule has 0 amide bonds. The van der Waals surface area contributed by atoms with Gasteiger partial charge >= 0.3 is 0 Å². The second kappa shape index (κ2) is 6.04. The predicted molar refractivity (Wildman–Crippen MR) is 80.9 cm³/mol. The van der Waals surface area contributed by atoms with Crippen LogP contribution < -0.4 is 5.73 Å². The summed E-state index contributed by atoms with van der Waals surface area (Å²) in [7, 11) is 0. The summed E-state index contributed by atoms with van der Waals surface area (Å²) in [5, 5.41) is 2.09. The first kappa shape index (κ1) is 14.5. The van der Waals surface area contributed by atoms with Gasteiger partial charge in [-0.3, -0.25) is 0 Å². The minimum atomic E-state index is 0.0625. The van der Waals surface area contributed by atoms with Crippen molar-refractivity contribution in [1.29, 1.82) is 0 Å². The highest BCUT2D eigenvalue weighted by molar-refractivity contribution is 9.10. The van der Waals surface area contributed by atoms with Gasteiger partial charge in [0.1, 0.15) is 6.10 Å². The van der Waals surface area contributed by atoms with Crippen molar-refractivity contribution in [2.75, 3.05) is 6.54 Å². The summed E-state index contributed by atoms with van der Waals surface area (Å²) in [4.78, 5) is 1.23. The van der Waals surface area contributed by atoms with Crippen LogP contribution in [-0.2, 0) is 4.74 Å². The van der Waals surface area contributed by atoms with Crippen LogP contribution in [0.2, 0.25) is 0 Å². The van der Waals surface area contributed by atoms with Crippen LogP contribution in [0, 0.1) is 5.41 Å². The standard InChI is InChI=1S/C14H22BrNOS/c1-14(2)5-3-11(4-6-14)17-12(8-16)13-7-10(15)9-18-13/h7,9,11-12H,3-6,8,16H2,1-2H3. The number of nitrogens with two attached hydrogens (primary N) is 1. The fourth-order valence-electron chi connectivity index (χ4n) is 2.48. The Morgan fingerprint density at radius 2 is 2.17 bits per heavy atom. The van der Waals surface area contributed by atoms with Gasteiger partial charge in [0.2, 0.25) is 0 Å². The largest absolute Gasteiger partial charge is 0.368 e. The molecule has 1 heterocycles. The Kier molecular flexibility index (Phi) is 4.86. The van der Waals surface area contributed by atoms with E-state index < -0.39 is 0 Å². The first-order chi connectivity index (χ1) is 8.50. The maximum Gasteiger partial charge on any atom is 0.104 e. The normalized spacial score (nSPS) is 22.0. The smallest absolute Gasteiger partial charge is 0.104 e. The first-order valence-electron chi connectivity index (χ1n) is 6.60. The highest BCUT2D eigenvalue weighted by Crippen LogP contribution is 2.38. The van der Waals surface area contributed by atoms with E-state index in [2.05, 4.69) is 41.2 Å². The molecule has 0 spiro atoms. The van der Waals surface area contributed by atoms with E-state index >= 15 is 0 Å².